The van der Waals surface area contributed by atoms with E-state index >= 15 is 0 Å². The molecule has 0 amide bonds. The van der Waals surface area contributed by atoms with Crippen molar-refractivity contribution >= 4 is 32.1 Å². The third-order valence-corrected chi connectivity index (χ3v) is 5.27. The number of nitriles is 1. The zero-order valence-corrected chi connectivity index (χ0v) is 12.1. The van der Waals surface area contributed by atoms with Crippen molar-refractivity contribution in [2.45, 2.75) is 11.9 Å². The highest BCUT2D eigenvalue weighted by Crippen LogP contribution is 2.25. The van der Waals surface area contributed by atoms with Crippen LogP contribution in [0.25, 0.3) is 4.96 Å². The van der Waals surface area contributed by atoms with Crippen LogP contribution in [-0.4, -0.2) is 35.7 Å². The highest BCUT2D eigenvalue weighted by Gasteiger charge is 2.29. The molecular formula is C10H13N5O2S2. The van der Waals surface area contributed by atoms with Crippen LogP contribution in [0.4, 0.5) is 5.82 Å². The molecule has 0 saturated heterocycles. The molecular weight excluding hydrogens is 286 g/mol. The fourth-order valence-electron chi connectivity index (χ4n) is 1.71. The van der Waals surface area contributed by atoms with Crippen molar-refractivity contribution in [1.82, 2.24) is 13.7 Å². The van der Waals surface area contributed by atoms with Crippen LogP contribution >= 0.6 is 11.3 Å². The highest BCUT2D eigenvalue weighted by molar-refractivity contribution is 7.89. The molecule has 0 radical (unpaired) electrons. The van der Waals surface area contributed by atoms with Gasteiger partial charge >= 0.3 is 0 Å². The number of fused-ring (bicyclic) bond motifs is 1. The van der Waals surface area contributed by atoms with Gasteiger partial charge in [-0.15, -0.1) is 11.3 Å². The number of nitrogen functional groups attached to an aromatic ring is 1. The van der Waals surface area contributed by atoms with Crippen LogP contribution in [0, 0.1) is 17.2 Å². The van der Waals surface area contributed by atoms with E-state index in [-0.39, 0.29) is 17.4 Å². The molecule has 102 valence electrons. The normalized spacial score (nSPS) is 13.8. The maximum absolute atomic E-state index is 12.5. The summed E-state index contributed by atoms with van der Waals surface area (Å²) in [7, 11) is -2.34. The van der Waals surface area contributed by atoms with Crippen molar-refractivity contribution in [1.29, 1.82) is 5.26 Å². The molecule has 7 nitrogen and oxygen atoms in total. The van der Waals surface area contributed by atoms with E-state index in [4.69, 9.17) is 11.0 Å². The topological polar surface area (TPSA) is 104 Å². The van der Waals surface area contributed by atoms with E-state index in [2.05, 4.69) is 4.98 Å². The second-order valence-electron chi connectivity index (χ2n) is 4.17. The maximum atomic E-state index is 12.5. The van der Waals surface area contributed by atoms with Gasteiger partial charge in [-0.2, -0.15) is 9.57 Å². The van der Waals surface area contributed by atoms with Crippen molar-refractivity contribution in [2.24, 2.45) is 5.92 Å². The van der Waals surface area contributed by atoms with Crippen molar-refractivity contribution in [3.05, 3.63) is 11.6 Å². The molecule has 1 unspecified atom stereocenters. The number of nitrogens with two attached hydrogens (primary N) is 1. The minimum atomic E-state index is -3.76. The molecule has 0 saturated carbocycles. The lowest BCUT2D eigenvalue weighted by Gasteiger charge is -2.17. The molecule has 2 rings (SSSR count). The molecule has 0 aliphatic carbocycles. The number of aromatic nitrogens is 2. The van der Waals surface area contributed by atoms with E-state index in [0.717, 1.165) is 4.31 Å². The zero-order chi connectivity index (χ0) is 14.2. The molecule has 0 fully saturated rings. The first-order valence-electron chi connectivity index (χ1n) is 5.45. The van der Waals surface area contributed by atoms with Crippen molar-refractivity contribution in [3.8, 4) is 6.07 Å². The van der Waals surface area contributed by atoms with Gasteiger partial charge in [-0.05, 0) is 6.92 Å². The molecule has 9 heteroatoms. The van der Waals surface area contributed by atoms with E-state index in [0.29, 0.717) is 4.96 Å². The van der Waals surface area contributed by atoms with Gasteiger partial charge in [-0.1, -0.05) is 0 Å². The van der Waals surface area contributed by atoms with Gasteiger partial charge in [0.2, 0.25) is 0 Å². The first-order chi connectivity index (χ1) is 8.87. The predicted octanol–water partition coefficient (Wildman–Crippen LogP) is 0.758. The van der Waals surface area contributed by atoms with Crippen LogP contribution in [0.2, 0.25) is 0 Å². The summed E-state index contributed by atoms with van der Waals surface area (Å²) in [4.78, 5) is 4.54. The lowest BCUT2D eigenvalue weighted by molar-refractivity contribution is 0.437. The highest BCUT2D eigenvalue weighted by atomic mass is 32.2. The van der Waals surface area contributed by atoms with E-state index < -0.39 is 15.9 Å². The Morgan fingerprint density at radius 2 is 2.37 bits per heavy atom. The number of hydrogen-bond donors (Lipinski definition) is 1. The number of nitrogens with zero attached hydrogens (tertiary/aromatic N) is 4. The number of rotatable bonds is 4. The Morgan fingerprint density at radius 1 is 1.68 bits per heavy atom. The van der Waals surface area contributed by atoms with Gasteiger partial charge in [0, 0.05) is 25.2 Å². The molecule has 0 aliphatic rings. The Morgan fingerprint density at radius 3 is 3.00 bits per heavy atom. The number of anilines is 1. The van der Waals surface area contributed by atoms with Crippen LogP contribution in [0.5, 0.6) is 0 Å². The van der Waals surface area contributed by atoms with E-state index in [1.165, 1.54) is 22.8 Å². The maximum Gasteiger partial charge on any atom is 0.262 e. The van der Waals surface area contributed by atoms with Crippen LogP contribution in [0.15, 0.2) is 16.6 Å². The van der Waals surface area contributed by atoms with Gasteiger partial charge in [0.1, 0.15) is 0 Å². The lowest BCUT2D eigenvalue weighted by Crippen LogP contribution is -2.32. The third kappa shape index (κ3) is 2.30. The standard InChI is InChI=1S/C10H13N5O2S2/c1-7(5-11)6-14(2)19(16,17)9-8(12)13-10-15(9)3-4-18-10/h3-4,7H,6,12H2,1-2H3. The Kier molecular flexibility index (Phi) is 3.49. The molecule has 1 atom stereocenters. The zero-order valence-electron chi connectivity index (χ0n) is 10.4. The molecule has 2 heterocycles. The van der Waals surface area contributed by atoms with Crippen LogP contribution in [-0.2, 0) is 10.0 Å². The smallest absolute Gasteiger partial charge is 0.262 e. The summed E-state index contributed by atoms with van der Waals surface area (Å²) in [6.45, 7) is 1.77. The SMILES string of the molecule is CC(C#N)CN(C)S(=O)(=O)c1c(N)nc2sccn12. The van der Waals surface area contributed by atoms with Gasteiger partial charge in [0.15, 0.2) is 15.8 Å². The largest absolute Gasteiger partial charge is 0.381 e. The summed E-state index contributed by atoms with van der Waals surface area (Å²) in [6.07, 6.45) is 1.61. The summed E-state index contributed by atoms with van der Waals surface area (Å²) in [5, 5.41) is 10.5. The summed E-state index contributed by atoms with van der Waals surface area (Å²) >= 11 is 1.31. The molecule has 2 aromatic rings. The van der Waals surface area contributed by atoms with E-state index in [1.807, 2.05) is 6.07 Å². The average Bonchev–Trinajstić information content (AvgIpc) is 2.87. The molecule has 2 aromatic heterocycles. The first-order valence-corrected chi connectivity index (χ1v) is 7.77. The van der Waals surface area contributed by atoms with Crippen LogP contribution in [0.3, 0.4) is 0 Å². The molecule has 0 bridgehead atoms. The van der Waals surface area contributed by atoms with Crippen molar-refractivity contribution in [2.75, 3.05) is 19.3 Å². The second kappa shape index (κ2) is 4.80. The summed E-state index contributed by atoms with van der Waals surface area (Å²) in [5.41, 5.74) is 5.69. The van der Waals surface area contributed by atoms with Crippen LogP contribution in [0.1, 0.15) is 6.92 Å². The summed E-state index contributed by atoms with van der Waals surface area (Å²) < 4.78 is 27.5. The summed E-state index contributed by atoms with van der Waals surface area (Å²) in [5.74, 6) is -0.421. The Labute approximate surface area is 114 Å². The molecule has 19 heavy (non-hydrogen) atoms. The molecule has 2 N–H and O–H groups in total. The van der Waals surface area contributed by atoms with Gasteiger partial charge in [-0.25, -0.2) is 13.4 Å². The lowest BCUT2D eigenvalue weighted by atomic mass is 10.2. The second-order valence-corrected chi connectivity index (χ2v) is 7.01. The fraction of sp³-hybridized carbons (Fsp3) is 0.400. The Balaban J connectivity index is 2.47. The third-order valence-electron chi connectivity index (χ3n) is 2.65. The van der Waals surface area contributed by atoms with E-state index in [9.17, 15) is 8.42 Å². The van der Waals surface area contributed by atoms with Gasteiger partial charge in [0.05, 0.1) is 12.0 Å². The van der Waals surface area contributed by atoms with Crippen molar-refractivity contribution in [3.63, 3.8) is 0 Å². The molecule has 0 aromatic carbocycles. The quantitative estimate of drug-likeness (QED) is 0.897. The fourth-order valence-corrected chi connectivity index (χ4v) is 3.91. The van der Waals surface area contributed by atoms with Crippen molar-refractivity contribution < 1.29 is 8.42 Å². The molecule has 0 aliphatic heterocycles. The first kappa shape index (κ1) is 13.8. The Bertz CT molecular complexity index is 740. The van der Waals surface area contributed by atoms with Gasteiger partial charge in [-0.3, -0.25) is 4.40 Å². The predicted molar refractivity (Wildman–Crippen MR) is 72.1 cm³/mol. The van der Waals surface area contributed by atoms with Gasteiger partial charge in [0.25, 0.3) is 10.0 Å². The summed E-state index contributed by atoms with van der Waals surface area (Å²) in [6, 6.07) is 2.00. The Hall–Kier alpha value is -1.63. The number of imidazole rings is 1. The number of thiazole rings is 1. The van der Waals surface area contributed by atoms with E-state index in [1.54, 1.807) is 18.5 Å². The number of sulfonamides is 1. The minimum absolute atomic E-state index is 0.0247. The van der Waals surface area contributed by atoms with Gasteiger partial charge < -0.3 is 5.73 Å². The molecule has 0 spiro atoms. The van der Waals surface area contributed by atoms with Crippen LogP contribution < -0.4 is 5.73 Å². The monoisotopic (exact) mass is 299 g/mol. The average molecular weight is 299 g/mol. The minimum Gasteiger partial charge on any atom is -0.381 e. The number of hydrogen-bond acceptors (Lipinski definition) is 6.